The number of hydrogen-bond acceptors (Lipinski definition) is 7. The van der Waals surface area contributed by atoms with Gasteiger partial charge in [-0.2, -0.15) is 0 Å². The molecule has 7 nitrogen and oxygen atoms in total. The fourth-order valence-corrected chi connectivity index (χ4v) is 6.13. The first kappa shape index (κ1) is 23.1. The van der Waals surface area contributed by atoms with Crippen molar-refractivity contribution in [3.05, 3.63) is 82.6 Å². The molecule has 1 amide bonds. The Balaban J connectivity index is 1.14. The molecule has 1 atom stereocenters. The molecule has 4 aromatic rings. The lowest BCUT2D eigenvalue weighted by Gasteiger charge is -2.35. The number of aromatic nitrogens is 2. The van der Waals surface area contributed by atoms with Crippen molar-refractivity contribution < 1.29 is 9.32 Å². The van der Waals surface area contributed by atoms with E-state index in [2.05, 4.69) is 37.4 Å². The molecule has 184 valence electrons. The van der Waals surface area contributed by atoms with Gasteiger partial charge in [-0.1, -0.05) is 35.0 Å². The number of fused-ring (bicyclic) bond motifs is 1. The number of benzene rings is 1. The van der Waals surface area contributed by atoms with Gasteiger partial charge in [-0.15, -0.1) is 11.3 Å². The lowest BCUT2D eigenvalue weighted by atomic mass is 10.0. The molecule has 9 heteroatoms. The highest BCUT2D eigenvalue weighted by molar-refractivity contribution is 7.19. The quantitative estimate of drug-likeness (QED) is 0.379. The second kappa shape index (κ2) is 9.95. The second-order valence-electron chi connectivity index (χ2n) is 9.24. The zero-order chi connectivity index (χ0) is 24.5. The van der Waals surface area contributed by atoms with Crippen LogP contribution in [0.4, 0.5) is 11.4 Å². The molecule has 2 aliphatic rings. The Bertz CT molecular complexity index is 1350. The number of thiophene rings is 1. The molecule has 1 aromatic carbocycles. The van der Waals surface area contributed by atoms with Gasteiger partial charge >= 0.3 is 0 Å². The number of piperidine rings is 1. The molecule has 0 bridgehead atoms. The van der Waals surface area contributed by atoms with Crippen molar-refractivity contribution in [2.45, 2.75) is 37.9 Å². The molecule has 0 saturated carbocycles. The van der Waals surface area contributed by atoms with Crippen molar-refractivity contribution in [3.8, 4) is 10.6 Å². The molecule has 3 aromatic heterocycles. The van der Waals surface area contributed by atoms with Crippen LogP contribution in [0.1, 0.15) is 24.1 Å². The summed E-state index contributed by atoms with van der Waals surface area (Å²) >= 11 is 7.54. The Hall–Kier alpha value is -3.36. The van der Waals surface area contributed by atoms with Gasteiger partial charge in [-0.25, -0.2) is 0 Å². The summed E-state index contributed by atoms with van der Waals surface area (Å²) in [5.74, 6) is 0.763. The van der Waals surface area contributed by atoms with Gasteiger partial charge < -0.3 is 19.6 Å². The third kappa shape index (κ3) is 4.70. The highest BCUT2D eigenvalue weighted by atomic mass is 35.5. The van der Waals surface area contributed by atoms with Crippen LogP contribution in [0.3, 0.4) is 0 Å². The van der Waals surface area contributed by atoms with Gasteiger partial charge in [-0.05, 0) is 48.7 Å². The van der Waals surface area contributed by atoms with Gasteiger partial charge in [0.05, 0.1) is 15.8 Å². The number of nitrogens with one attached hydrogen (secondary N) is 1. The Morgan fingerprint density at radius 2 is 1.92 bits per heavy atom. The molecule has 1 fully saturated rings. The van der Waals surface area contributed by atoms with Crippen molar-refractivity contribution in [2.75, 3.05) is 22.9 Å². The fourth-order valence-electron chi connectivity index (χ4n) is 5.14. The van der Waals surface area contributed by atoms with Crippen LogP contribution in [0.2, 0.25) is 4.34 Å². The van der Waals surface area contributed by atoms with Crippen LogP contribution < -0.4 is 15.1 Å². The standard InChI is InChI=1S/C27H26ClN5O2S/c28-26-6-5-25(36-26)24-16-20(31-35-24)17-33-22-4-2-1-3-18(22)15-23(33)27(34)30-19-9-13-32(14-10-19)21-7-11-29-12-8-21/h1-8,11-12,16,19,23H,9-10,13-15,17H2,(H,30,34). The van der Waals surface area contributed by atoms with Gasteiger partial charge in [0, 0.05) is 55.4 Å². The van der Waals surface area contributed by atoms with E-state index in [0.29, 0.717) is 23.1 Å². The van der Waals surface area contributed by atoms with Crippen LogP contribution >= 0.6 is 22.9 Å². The Kier molecular flexibility index (Phi) is 6.37. The van der Waals surface area contributed by atoms with Gasteiger partial charge in [-0.3, -0.25) is 9.78 Å². The lowest BCUT2D eigenvalue weighted by Crippen LogP contribution is -2.51. The minimum Gasteiger partial charge on any atom is -0.371 e. The minimum absolute atomic E-state index is 0.0716. The maximum atomic E-state index is 13.5. The summed E-state index contributed by atoms with van der Waals surface area (Å²) in [6, 6.07) is 17.9. The maximum absolute atomic E-state index is 13.5. The number of carbonyl (C=O) groups is 1. The third-order valence-electron chi connectivity index (χ3n) is 6.97. The zero-order valence-electron chi connectivity index (χ0n) is 19.6. The highest BCUT2D eigenvalue weighted by Gasteiger charge is 2.36. The molecule has 0 aliphatic carbocycles. The average molecular weight is 520 g/mol. The summed E-state index contributed by atoms with van der Waals surface area (Å²) in [5.41, 5.74) is 4.23. The Labute approximate surface area is 218 Å². The third-order valence-corrected chi connectivity index (χ3v) is 8.22. The first-order chi connectivity index (χ1) is 17.6. The van der Waals surface area contributed by atoms with Crippen LogP contribution in [-0.2, 0) is 17.8 Å². The van der Waals surface area contributed by atoms with Crippen molar-refractivity contribution in [1.29, 1.82) is 0 Å². The molecule has 2 aliphatic heterocycles. The predicted molar refractivity (Wildman–Crippen MR) is 143 cm³/mol. The number of rotatable bonds is 6. The summed E-state index contributed by atoms with van der Waals surface area (Å²) in [7, 11) is 0. The molecular weight excluding hydrogens is 494 g/mol. The van der Waals surface area contributed by atoms with E-state index in [0.717, 1.165) is 42.2 Å². The molecule has 6 rings (SSSR count). The Morgan fingerprint density at radius 1 is 1.11 bits per heavy atom. The zero-order valence-corrected chi connectivity index (χ0v) is 21.2. The van der Waals surface area contributed by atoms with E-state index >= 15 is 0 Å². The fraction of sp³-hybridized carbons (Fsp3) is 0.296. The van der Waals surface area contributed by atoms with E-state index in [4.69, 9.17) is 16.1 Å². The molecule has 1 unspecified atom stereocenters. The average Bonchev–Trinajstić information content (AvgIpc) is 3.64. The summed E-state index contributed by atoms with van der Waals surface area (Å²) in [6.45, 7) is 2.33. The SMILES string of the molecule is O=C(NC1CCN(c2ccncc2)CC1)C1Cc2ccccc2N1Cc1cc(-c2ccc(Cl)s2)on1. The van der Waals surface area contributed by atoms with E-state index in [-0.39, 0.29) is 18.0 Å². The van der Waals surface area contributed by atoms with E-state index in [1.54, 1.807) is 0 Å². The monoisotopic (exact) mass is 519 g/mol. The molecule has 1 N–H and O–H groups in total. The predicted octanol–water partition coefficient (Wildman–Crippen LogP) is 5.17. The van der Waals surface area contributed by atoms with E-state index in [9.17, 15) is 4.79 Å². The van der Waals surface area contributed by atoms with Gasteiger partial charge in [0.15, 0.2) is 5.76 Å². The van der Waals surface area contributed by atoms with Crippen LogP contribution in [0.15, 0.2) is 71.5 Å². The van der Waals surface area contributed by atoms with Crippen molar-refractivity contribution >= 4 is 40.2 Å². The van der Waals surface area contributed by atoms with Gasteiger partial charge in [0.25, 0.3) is 0 Å². The molecular formula is C27H26ClN5O2S. The first-order valence-electron chi connectivity index (χ1n) is 12.2. The number of para-hydroxylation sites is 1. The maximum Gasteiger partial charge on any atom is 0.243 e. The van der Waals surface area contributed by atoms with Crippen molar-refractivity contribution in [3.63, 3.8) is 0 Å². The van der Waals surface area contributed by atoms with Gasteiger partial charge in [0.2, 0.25) is 5.91 Å². The second-order valence-corrected chi connectivity index (χ2v) is 11.0. The van der Waals surface area contributed by atoms with Crippen molar-refractivity contribution in [1.82, 2.24) is 15.5 Å². The highest BCUT2D eigenvalue weighted by Crippen LogP contribution is 2.35. The molecule has 1 saturated heterocycles. The Morgan fingerprint density at radius 3 is 2.69 bits per heavy atom. The minimum atomic E-state index is -0.281. The summed E-state index contributed by atoms with van der Waals surface area (Å²) in [4.78, 5) is 23.1. The van der Waals surface area contributed by atoms with E-state index < -0.39 is 0 Å². The largest absolute Gasteiger partial charge is 0.371 e. The molecule has 36 heavy (non-hydrogen) atoms. The van der Waals surface area contributed by atoms with E-state index in [1.165, 1.54) is 22.6 Å². The summed E-state index contributed by atoms with van der Waals surface area (Å²) in [6.07, 6.45) is 6.17. The molecule has 0 spiro atoms. The number of pyridine rings is 1. The number of nitrogens with zero attached hydrogens (tertiary/aromatic N) is 4. The van der Waals surface area contributed by atoms with Crippen LogP contribution in [0, 0.1) is 0 Å². The normalized spacial score (nSPS) is 17.9. The number of anilines is 2. The van der Waals surface area contributed by atoms with Crippen LogP contribution in [0.5, 0.6) is 0 Å². The van der Waals surface area contributed by atoms with E-state index in [1.807, 2.05) is 54.9 Å². The van der Waals surface area contributed by atoms with Crippen LogP contribution in [-0.4, -0.2) is 41.2 Å². The lowest BCUT2D eigenvalue weighted by molar-refractivity contribution is -0.123. The summed E-state index contributed by atoms with van der Waals surface area (Å²) in [5, 5.41) is 7.63. The molecule has 5 heterocycles. The summed E-state index contributed by atoms with van der Waals surface area (Å²) < 4.78 is 6.30. The number of halogens is 1. The smallest absolute Gasteiger partial charge is 0.243 e. The van der Waals surface area contributed by atoms with Crippen LogP contribution in [0.25, 0.3) is 10.6 Å². The number of amides is 1. The van der Waals surface area contributed by atoms with Gasteiger partial charge in [0.1, 0.15) is 11.7 Å². The number of hydrogen-bond donors (Lipinski definition) is 1. The topological polar surface area (TPSA) is 74.5 Å². The molecule has 0 radical (unpaired) electrons. The van der Waals surface area contributed by atoms with Crippen molar-refractivity contribution in [2.24, 2.45) is 0 Å². The number of carbonyl (C=O) groups excluding carboxylic acids is 1. The first-order valence-corrected chi connectivity index (χ1v) is 13.3.